The summed E-state index contributed by atoms with van der Waals surface area (Å²) in [4.78, 5) is 40.6. The molecule has 0 fully saturated rings. The number of carbonyl (C=O) groups is 2. The molecule has 3 heterocycles. The van der Waals surface area contributed by atoms with Gasteiger partial charge < -0.3 is 9.38 Å². The molecule has 0 amide bonds. The smallest absolute Gasteiger partial charge is 0.255 e. The Morgan fingerprint density at radius 1 is 0.889 bits per heavy atom. The fraction of sp³-hybridized carbons (Fsp3) is 0.0455. The van der Waals surface area contributed by atoms with Gasteiger partial charge in [0, 0.05) is 35.5 Å². The molecule has 27 heavy (non-hydrogen) atoms. The van der Waals surface area contributed by atoms with Crippen molar-refractivity contribution >= 4 is 17.1 Å². The molecule has 0 bridgehead atoms. The molecule has 4 aromatic rings. The van der Waals surface area contributed by atoms with Gasteiger partial charge in [0.2, 0.25) is 11.6 Å². The summed E-state index contributed by atoms with van der Waals surface area (Å²) in [5.74, 6) is -1.12. The van der Waals surface area contributed by atoms with Crippen LogP contribution in [0.25, 0.3) is 16.6 Å². The number of rotatable bonds is 5. The highest BCUT2D eigenvalue weighted by molar-refractivity contribution is 6.45. The summed E-state index contributed by atoms with van der Waals surface area (Å²) in [5, 5.41) is 0. The third kappa shape index (κ3) is 3.11. The van der Waals surface area contributed by atoms with Gasteiger partial charge in [-0.1, -0.05) is 36.4 Å². The third-order valence-electron chi connectivity index (χ3n) is 4.46. The zero-order chi connectivity index (χ0) is 18.8. The van der Waals surface area contributed by atoms with Gasteiger partial charge in [0.25, 0.3) is 5.56 Å². The van der Waals surface area contributed by atoms with Crippen LogP contribution in [0.2, 0.25) is 0 Å². The second kappa shape index (κ2) is 6.88. The quantitative estimate of drug-likeness (QED) is 0.441. The lowest BCUT2D eigenvalue weighted by Crippen LogP contribution is -2.20. The third-order valence-corrected chi connectivity index (χ3v) is 4.46. The summed E-state index contributed by atoms with van der Waals surface area (Å²) < 4.78 is 1.66. The van der Waals surface area contributed by atoms with Gasteiger partial charge in [-0.3, -0.25) is 14.4 Å². The zero-order valence-corrected chi connectivity index (χ0v) is 14.4. The highest BCUT2D eigenvalue weighted by Gasteiger charge is 2.25. The Morgan fingerprint density at radius 3 is 2.44 bits per heavy atom. The first-order valence-electron chi connectivity index (χ1n) is 8.55. The maximum atomic E-state index is 13.0. The summed E-state index contributed by atoms with van der Waals surface area (Å²) in [5.41, 5.74) is 2.23. The molecule has 5 nitrogen and oxygen atoms in total. The van der Waals surface area contributed by atoms with Crippen molar-refractivity contribution in [3.63, 3.8) is 0 Å². The number of aromatic nitrogens is 2. The van der Waals surface area contributed by atoms with E-state index in [9.17, 15) is 14.4 Å². The summed E-state index contributed by atoms with van der Waals surface area (Å²) in [6.45, 7) is 0. The molecular weight excluding hydrogens is 340 g/mol. The Balaban J connectivity index is 1.84. The van der Waals surface area contributed by atoms with Crippen molar-refractivity contribution in [1.82, 2.24) is 9.38 Å². The molecule has 0 spiro atoms. The van der Waals surface area contributed by atoms with E-state index in [-0.39, 0.29) is 17.7 Å². The van der Waals surface area contributed by atoms with E-state index < -0.39 is 11.6 Å². The maximum Gasteiger partial charge on any atom is 0.255 e. The van der Waals surface area contributed by atoms with Crippen molar-refractivity contribution in [1.29, 1.82) is 0 Å². The predicted molar refractivity (Wildman–Crippen MR) is 103 cm³/mol. The molecule has 132 valence electrons. The van der Waals surface area contributed by atoms with E-state index in [1.807, 2.05) is 42.5 Å². The number of nitrogens with zero attached hydrogens (tertiary/aromatic N) is 1. The summed E-state index contributed by atoms with van der Waals surface area (Å²) in [7, 11) is 0. The molecule has 0 radical (unpaired) electrons. The molecule has 0 unspecified atom stereocenters. The fourth-order valence-electron chi connectivity index (χ4n) is 3.19. The number of hydrogen-bond acceptors (Lipinski definition) is 3. The van der Waals surface area contributed by atoms with Crippen molar-refractivity contribution in [2.24, 2.45) is 0 Å². The lowest BCUT2D eigenvalue weighted by molar-refractivity contribution is -0.114. The minimum Gasteiger partial charge on any atom is -0.329 e. The van der Waals surface area contributed by atoms with Crippen molar-refractivity contribution in [3.8, 4) is 11.1 Å². The highest BCUT2D eigenvalue weighted by Crippen LogP contribution is 2.26. The average Bonchev–Trinajstić information content (AvgIpc) is 3.07. The number of hydrogen-bond donors (Lipinski definition) is 1. The van der Waals surface area contributed by atoms with Crippen LogP contribution >= 0.6 is 0 Å². The van der Waals surface area contributed by atoms with Crippen molar-refractivity contribution in [3.05, 3.63) is 101 Å². The van der Waals surface area contributed by atoms with Crippen LogP contribution in [0, 0.1) is 0 Å². The summed E-state index contributed by atoms with van der Waals surface area (Å²) >= 11 is 0. The average molecular weight is 356 g/mol. The van der Waals surface area contributed by atoms with Crippen molar-refractivity contribution in [2.75, 3.05) is 0 Å². The van der Waals surface area contributed by atoms with E-state index in [4.69, 9.17) is 0 Å². The monoisotopic (exact) mass is 356 g/mol. The molecule has 4 rings (SSSR count). The number of aromatic amines is 1. The number of nitrogens with one attached hydrogen (secondary N) is 1. The first kappa shape index (κ1) is 16.7. The summed E-state index contributed by atoms with van der Waals surface area (Å²) in [6.07, 6.45) is 3.27. The van der Waals surface area contributed by atoms with Crippen LogP contribution in [0.4, 0.5) is 0 Å². The minimum absolute atomic E-state index is 0.0182. The number of Topliss-reactive ketones (excluding diaryl/α,β-unsaturated/α-hetero) is 2. The molecule has 3 aromatic heterocycles. The van der Waals surface area contributed by atoms with Crippen LogP contribution in [0.3, 0.4) is 0 Å². The number of benzene rings is 1. The van der Waals surface area contributed by atoms with Crippen molar-refractivity contribution in [2.45, 2.75) is 6.42 Å². The molecule has 0 aliphatic carbocycles. The lowest BCUT2D eigenvalue weighted by atomic mass is 10.00. The first-order chi connectivity index (χ1) is 13.1. The molecule has 0 aliphatic rings. The van der Waals surface area contributed by atoms with Crippen molar-refractivity contribution < 1.29 is 9.59 Å². The van der Waals surface area contributed by atoms with Gasteiger partial charge >= 0.3 is 0 Å². The predicted octanol–water partition coefficient (Wildman–Crippen LogP) is 3.29. The van der Waals surface area contributed by atoms with Gasteiger partial charge in [-0.15, -0.1) is 0 Å². The van der Waals surface area contributed by atoms with Gasteiger partial charge in [0.05, 0.1) is 0 Å². The number of H-pyrrole nitrogens is 1. The number of fused-ring (bicyclic) bond motifs is 1. The SMILES string of the molecule is O=C(Cc1ccccc1)C(=O)c1c(-c2ccc[nH]c2=O)cc2ccccn12. The van der Waals surface area contributed by atoms with Crippen LogP contribution in [0.15, 0.2) is 83.9 Å². The van der Waals surface area contributed by atoms with Crippen LogP contribution in [0.5, 0.6) is 0 Å². The highest BCUT2D eigenvalue weighted by atomic mass is 16.2. The first-order valence-corrected chi connectivity index (χ1v) is 8.55. The second-order valence-electron chi connectivity index (χ2n) is 6.23. The van der Waals surface area contributed by atoms with E-state index in [2.05, 4.69) is 4.98 Å². The second-order valence-corrected chi connectivity index (χ2v) is 6.23. The standard InChI is InChI=1S/C22H16N2O3/c25-19(13-15-7-2-1-3-8-15)21(26)20-18(17-10-6-11-23-22(17)27)14-16-9-4-5-12-24(16)20/h1-12,14H,13H2,(H,23,27). The molecule has 5 heteroatoms. The number of carbonyl (C=O) groups excluding carboxylic acids is 2. The van der Waals surface area contributed by atoms with Gasteiger partial charge in [-0.2, -0.15) is 0 Å². The summed E-state index contributed by atoms with van der Waals surface area (Å²) in [6, 6.07) is 19.7. The van der Waals surface area contributed by atoms with Gasteiger partial charge in [-0.25, -0.2) is 0 Å². The number of pyridine rings is 2. The maximum absolute atomic E-state index is 13.0. The van der Waals surface area contributed by atoms with E-state index >= 15 is 0 Å². The van der Waals surface area contributed by atoms with Crippen LogP contribution in [0.1, 0.15) is 16.1 Å². The van der Waals surface area contributed by atoms with Gasteiger partial charge in [0.1, 0.15) is 5.69 Å². The molecule has 1 N–H and O–H groups in total. The Hall–Kier alpha value is -3.73. The van der Waals surface area contributed by atoms with E-state index in [0.29, 0.717) is 11.1 Å². The molecule has 1 aromatic carbocycles. The van der Waals surface area contributed by atoms with E-state index in [1.54, 1.807) is 34.9 Å². The van der Waals surface area contributed by atoms with Crippen LogP contribution < -0.4 is 5.56 Å². The molecule has 0 aliphatic heterocycles. The lowest BCUT2D eigenvalue weighted by Gasteiger charge is -2.06. The molecular formula is C22H16N2O3. The largest absolute Gasteiger partial charge is 0.329 e. The van der Waals surface area contributed by atoms with Gasteiger partial charge in [0.15, 0.2) is 0 Å². The molecule has 0 saturated heterocycles. The fourth-order valence-corrected chi connectivity index (χ4v) is 3.19. The van der Waals surface area contributed by atoms with Crippen LogP contribution in [-0.4, -0.2) is 21.0 Å². The Labute approximate surface area is 154 Å². The molecule has 0 atom stereocenters. The Kier molecular flexibility index (Phi) is 4.26. The van der Waals surface area contributed by atoms with Gasteiger partial charge in [-0.05, 0) is 35.9 Å². The molecule has 0 saturated carbocycles. The normalized spacial score (nSPS) is 10.8. The zero-order valence-electron chi connectivity index (χ0n) is 14.4. The topological polar surface area (TPSA) is 71.4 Å². The number of ketones is 2. The van der Waals surface area contributed by atoms with E-state index in [1.165, 1.54) is 6.20 Å². The Bertz CT molecular complexity index is 1200. The van der Waals surface area contributed by atoms with Crippen LogP contribution in [-0.2, 0) is 11.2 Å². The van der Waals surface area contributed by atoms with E-state index in [0.717, 1.165) is 11.1 Å². The minimum atomic E-state index is -0.608. The Morgan fingerprint density at radius 2 is 1.67 bits per heavy atom.